The number of aromatic amines is 1. The number of hydrogen-bond donors (Lipinski definition) is 2. The van der Waals surface area contributed by atoms with Gasteiger partial charge in [-0.3, -0.25) is 19.7 Å². The van der Waals surface area contributed by atoms with Crippen LogP contribution in [0.5, 0.6) is 5.75 Å². The number of benzene rings is 3. The number of non-ortho nitro benzene ring substituents is 1. The van der Waals surface area contributed by atoms with E-state index in [1.165, 1.54) is 23.1 Å². The molecule has 3 aromatic carbocycles. The lowest BCUT2D eigenvalue weighted by molar-refractivity contribution is -0.383. The van der Waals surface area contributed by atoms with Crippen molar-refractivity contribution in [1.29, 1.82) is 0 Å². The standard InChI is InChI=1S/C27H26ClN5O5/c1-31(2)7-8-38-18-4-6-21-16(9-18)11-22(30-21)27(35)32-14-17(13-28)25-19-5-3-15(26(29)34)10-20(19)23(33(36)37)12-24(25)32/h3-6,9-12,17,30H,7-8,13-14H2,1-2H3,(H2,29,34). The molecule has 10 nitrogen and oxygen atoms in total. The maximum absolute atomic E-state index is 13.7. The van der Waals surface area contributed by atoms with E-state index in [0.717, 1.165) is 23.0 Å². The number of nitro benzene ring substituents is 1. The zero-order valence-electron chi connectivity index (χ0n) is 20.9. The molecule has 2 amide bonds. The third kappa shape index (κ3) is 4.52. The van der Waals surface area contributed by atoms with Crippen molar-refractivity contribution in [3.63, 3.8) is 0 Å². The topological polar surface area (TPSA) is 135 Å². The van der Waals surface area contributed by atoms with Crippen LogP contribution in [0.4, 0.5) is 11.4 Å². The average Bonchev–Trinajstić information content (AvgIpc) is 3.48. The van der Waals surface area contributed by atoms with Crippen molar-refractivity contribution in [3.05, 3.63) is 75.5 Å². The van der Waals surface area contributed by atoms with Crippen molar-refractivity contribution < 1.29 is 19.2 Å². The van der Waals surface area contributed by atoms with Crippen molar-refractivity contribution >= 4 is 56.5 Å². The van der Waals surface area contributed by atoms with Gasteiger partial charge in [0.15, 0.2) is 0 Å². The number of ether oxygens (including phenoxy) is 1. The number of hydrogen-bond acceptors (Lipinski definition) is 6. The summed E-state index contributed by atoms with van der Waals surface area (Å²) < 4.78 is 5.81. The van der Waals surface area contributed by atoms with E-state index in [2.05, 4.69) is 4.98 Å². The molecule has 196 valence electrons. The molecule has 1 atom stereocenters. The maximum Gasteiger partial charge on any atom is 0.279 e. The molecule has 0 aliphatic carbocycles. The van der Waals surface area contributed by atoms with Crippen molar-refractivity contribution in [2.45, 2.75) is 5.92 Å². The van der Waals surface area contributed by atoms with Gasteiger partial charge in [0.1, 0.15) is 18.1 Å². The van der Waals surface area contributed by atoms with Gasteiger partial charge in [-0.25, -0.2) is 0 Å². The van der Waals surface area contributed by atoms with Crippen LogP contribution >= 0.6 is 11.6 Å². The van der Waals surface area contributed by atoms with Gasteiger partial charge < -0.3 is 25.3 Å². The van der Waals surface area contributed by atoms with Gasteiger partial charge in [-0.2, -0.15) is 0 Å². The molecule has 2 heterocycles. The number of aromatic nitrogens is 1. The highest BCUT2D eigenvalue weighted by Crippen LogP contribution is 2.46. The molecular weight excluding hydrogens is 510 g/mol. The van der Waals surface area contributed by atoms with Crippen LogP contribution in [0.25, 0.3) is 21.7 Å². The highest BCUT2D eigenvalue weighted by Gasteiger charge is 2.37. The highest BCUT2D eigenvalue weighted by molar-refractivity contribution is 6.19. The Morgan fingerprint density at radius 3 is 2.66 bits per heavy atom. The number of carbonyl (C=O) groups is 2. The number of nitrogens with two attached hydrogens (primary N) is 1. The molecule has 5 rings (SSSR count). The van der Waals surface area contributed by atoms with Gasteiger partial charge in [-0.1, -0.05) is 6.07 Å². The molecule has 38 heavy (non-hydrogen) atoms. The van der Waals surface area contributed by atoms with Gasteiger partial charge in [0.2, 0.25) is 5.91 Å². The number of nitrogens with one attached hydrogen (secondary N) is 1. The molecule has 3 N–H and O–H groups in total. The van der Waals surface area contributed by atoms with Crippen molar-refractivity contribution in [3.8, 4) is 5.75 Å². The first-order valence-electron chi connectivity index (χ1n) is 12.0. The first kappa shape index (κ1) is 25.5. The molecule has 1 aliphatic heterocycles. The van der Waals surface area contributed by atoms with E-state index >= 15 is 0 Å². The number of fused-ring (bicyclic) bond motifs is 4. The molecule has 1 aliphatic rings. The molecule has 1 aromatic heterocycles. The number of anilines is 1. The first-order valence-corrected chi connectivity index (χ1v) is 12.5. The lowest BCUT2D eigenvalue weighted by atomic mass is 9.93. The van der Waals surface area contributed by atoms with Gasteiger partial charge >= 0.3 is 0 Å². The number of likely N-dealkylation sites (N-methyl/N-ethyl adjacent to an activating group) is 1. The van der Waals surface area contributed by atoms with E-state index in [1.54, 1.807) is 12.1 Å². The molecule has 0 fully saturated rings. The summed E-state index contributed by atoms with van der Waals surface area (Å²) in [6.07, 6.45) is 0. The number of halogens is 1. The Morgan fingerprint density at radius 2 is 1.97 bits per heavy atom. The van der Waals surface area contributed by atoms with Crippen LogP contribution in [0, 0.1) is 10.1 Å². The SMILES string of the molecule is CN(C)CCOc1ccc2[nH]c(C(=O)N3CC(CCl)c4c3cc([N+](=O)[O-])c3cc(C(N)=O)ccc43)cc2c1. The fraction of sp³-hybridized carbons (Fsp3) is 0.259. The monoisotopic (exact) mass is 535 g/mol. The normalized spacial score (nSPS) is 14.8. The zero-order chi connectivity index (χ0) is 27.1. The maximum atomic E-state index is 13.7. The van der Waals surface area contributed by atoms with Gasteiger partial charge in [-0.15, -0.1) is 11.6 Å². The van der Waals surface area contributed by atoms with E-state index < -0.39 is 10.8 Å². The predicted octanol–water partition coefficient (Wildman–Crippen LogP) is 4.25. The van der Waals surface area contributed by atoms with Gasteiger partial charge in [0.25, 0.3) is 11.6 Å². The van der Waals surface area contributed by atoms with E-state index in [4.69, 9.17) is 22.1 Å². The summed E-state index contributed by atoms with van der Waals surface area (Å²) in [5, 5.41) is 13.7. The summed E-state index contributed by atoms with van der Waals surface area (Å²) >= 11 is 6.31. The first-order chi connectivity index (χ1) is 18.2. The smallest absolute Gasteiger partial charge is 0.279 e. The molecule has 0 spiro atoms. The van der Waals surface area contributed by atoms with Gasteiger partial charge in [-0.05, 0) is 61.4 Å². The molecule has 1 unspecified atom stereocenters. The number of nitrogens with zero attached hydrogens (tertiary/aromatic N) is 3. The number of carbonyl (C=O) groups excluding carboxylic acids is 2. The summed E-state index contributed by atoms with van der Waals surface area (Å²) in [5.41, 5.74) is 7.63. The van der Waals surface area contributed by atoms with Crippen LogP contribution in [0.3, 0.4) is 0 Å². The largest absolute Gasteiger partial charge is 0.492 e. The van der Waals surface area contributed by atoms with Crippen LogP contribution in [-0.4, -0.2) is 66.3 Å². The second kappa shape index (κ2) is 9.96. The second-order valence-corrected chi connectivity index (χ2v) is 9.87. The molecule has 0 saturated carbocycles. The van der Waals surface area contributed by atoms with Gasteiger partial charge in [0.05, 0.1) is 16.0 Å². The number of amides is 2. The van der Waals surface area contributed by atoms with Crippen molar-refractivity contribution in [2.24, 2.45) is 5.73 Å². The minimum atomic E-state index is -0.683. The Hall–Kier alpha value is -4.15. The summed E-state index contributed by atoms with van der Waals surface area (Å²) in [4.78, 5) is 43.6. The van der Waals surface area contributed by atoms with Crippen LogP contribution in [-0.2, 0) is 0 Å². The van der Waals surface area contributed by atoms with Crippen LogP contribution in [0.1, 0.15) is 32.3 Å². The van der Waals surface area contributed by atoms with E-state index in [9.17, 15) is 19.7 Å². The quantitative estimate of drug-likeness (QED) is 0.197. The third-order valence-electron chi connectivity index (χ3n) is 6.78. The number of rotatable bonds is 8. The van der Waals surface area contributed by atoms with Gasteiger partial charge in [0, 0.05) is 47.4 Å². The van der Waals surface area contributed by atoms with Crippen molar-refractivity contribution in [1.82, 2.24) is 9.88 Å². The second-order valence-electron chi connectivity index (χ2n) is 9.56. The number of alkyl halides is 1. The van der Waals surface area contributed by atoms with Crippen molar-refractivity contribution in [2.75, 3.05) is 44.6 Å². The predicted molar refractivity (Wildman–Crippen MR) is 147 cm³/mol. The molecule has 11 heteroatoms. The molecule has 4 aromatic rings. The lowest BCUT2D eigenvalue weighted by Crippen LogP contribution is -2.30. The Balaban J connectivity index is 1.54. The minimum Gasteiger partial charge on any atom is -0.492 e. The number of primary amides is 1. The van der Waals surface area contributed by atoms with Crippen LogP contribution in [0.15, 0.2) is 48.5 Å². The van der Waals surface area contributed by atoms with E-state index in [0.29, 0.717) is 29.1 Å². The summed E-state index contributed by atoms with van der Waals surface area (Å²) in [7, 11) is 3.94. The number of H-pyrrole nitrogens is 1. The summed E-state index contributed by atoms with van der Waals surface area (Å²) in [5.74, 6) is -0.352. The summed E-state index contributed by atoms with van der Waals surface area (Å²) in [6.45, 7) is 1.57. The third-order valence-corrected chi connectivity index (χ3v) is 7.15. The average molecular weight is 536 g/mol. The Kier molecular flexibility index (Phi) is 6.68. The lowest BCUT2D eigenvalue weighted by Gasteiger charge is -2.17. The summed E-state index contributed by atoms with van der Waals surface area (Å²) in [6, 6.07) is 13.3. The Morgan fingerprint density at radius 1 is 1.18 bits per heavy atom. The van der Waals surface area contributed by atoms with Crippen LogP contribution in [0.2, 0.25) is 0 Å². The van der Waals surface area contributed by atoms with E-state index in [-0.39, 0.29) is 40.9 Å². The zero-order valence-corrected chi connectivity index (χ0v) is 21.6. The fourth-order valence-electron chi connectivity index (χ4n) is 4.91. The fourth-order valence-corrected chi connectivity index (χ4v) is 5.16. The Labute approximate surface area is 223 Å². The van der Waals surface area contributed by atoms with E-state index in [1.807, 2.05) is 37.2 Å². The minimum absolute atomic E-state index is 0.164. The highest BCUT2D eigenvalue weighted by atomic mass is 35.5. The molecule has 0 bridgehead atoms. The molecule has 0 saturated heterocycles. The molecular formula is C27H26ClN5O5. The van der Waals surface area contributed by atoms with Crippen LogP contribution < -0.4 is 15.4 Å². The molecule has 0 radical (unpaired) electrons. The Bertz CT molecular complexity index is 1600. The number of nitro groups is 1.